The molecule has 0 amide bonds. The minimum atomic E-state index is -0.0606. The summed E-state index contributed by atoms with van der Waals surface area (Å²) < 4.78 is 7.68. The van der Waals surface area contributed by atoms with E-state index in [-0.39, 0.29) is 5.56 Å². The van der Waals surface area contributed by atoms with Crippen molar-refractivity contribution in [3.8, 4) is 0 Å². The molecule has 1 aliphatic heterocycles. The van der Waals surface area contributed by atoms with Crippen LogP contribution in [-0.4, -0.2) is 34.8 Å². The van der Waals surface area contributed by atoms with Crippen LogP contribution in [0.25, 0.3) is 11.0 Å². The molecule has 21 heavy (non-hydrogen) atoms. The van der Waals surface area contributed by atoms with Gasteiger partial charge in [-0.1, -0.05) is 0 Å². The number of ether oxygens (including phenoxy) is 1. The SMILES string of the molecule is CNc1nc(C)c2cc(Br)c(=O)n(CC3CCOC3)c2n1. The van der Waals surface area contributed by atoms with Crippen molar-refractivity contribution < 1.29 is 4.74 Å². The Hall–Kier alpha value is -1.47. The van der Waals surface area contributed by atoms with E-state index in [0.29, 0.717) is 35.1 Å². The normalized spacial score (nSPS) is 18.3. The largest absolute Gasteiger partial charge is 0.381 e. The van der Waals surface area contributed by atoms with Crippen LogP contribution >= 0.6 is 15.9 Å². The third kappa shape index (κ3) is 2.67. The van der Waals surface area contributed by atoms with Gasteiger partial charge in [-0.2, -0.15) is 4.98 Å². The number of anilines is 1. The van der Waals surface area contributed by atoms with Crippen molar-refractivity contribution >= 4 is 32.9 Å². The van der Waals surface area contributed by atoms with Gasteiger partial charge in [0.2, 0.25) is 5.95 Å². The standard InChI is InChI=1S/C14H17BrN4O2/c1-8-10-5-11(15)13(20)19(6-9-3-4-21-7-9)12(10)18-14(16-2)17-8/h5,9H,3-4,6-7H2,1-2H3,(H,16,17,18). The summed E-state index contributed by atoms with van der Waals surface area (Å²) in [6.07, 6.45) is 0.976. The number of fused-ring (bicyclic) bond motifs is 1. The van der Waals surface area contributed by atoms with Gasteiger partial charge >= 0.3 is 0 Å². The molecule has 2 aromatic heterocycles. The Kier molecular flexibility index (Phi) is 3.95. The lowest BCUT2D eigenvalue weighted by Crippen LogP contribution is -2.26. The second kappa shape index (κ2) is 5.73. The van der Waals surface area contributed by atoms with Gasteiger partial charge in [-0.15, -0.1) is 0 Å². The van der Waals surface area contributed by atoms with Crippen LogP contribution < -0.4 is 10.9 Å². The van der Waals surface area contributed by atoms with E-state index < -0.39 is 0 Å². The molecule has 1 atom stereocenters. The molecule has 1 fully saturated rings. The van der Waals surface area contributed by atoms with Crippen LogP contribution in [0.1, 0.15) is 12.1 Å². The van der Waals surface area contributed by atoms with E-state index in [2.05, 4.69) is 31.2 Å². The van der Waals surface area contributed by atoms with E-state index in [4.69, 9.17) is 4.74 Å². The number of nitrogens with zero attached hydrogens (tertiary/aromatic N) is 3. The van der Waals surface area contributed by atoms with E-state index >= 15 is 0 Å². The van der Waals surface area contributed by atoms with Crippen molar-refractivity contribution in [1.29, 1.82) is 0 Å². The highest BCUT2D eigenvalue weighted by atomic mass is 79.9. The molecule has 0 radical (unpaired) electrons. The average Bonchev–Trinajstić information content (AvgIpc) is 2.97. The molecule has 0 saturated carbocycles. The Morgan fingerprint density at radius 3 is 3.00 bits per heavy atom. The van der Waals surface area contributed by atoms with Crippen molar-refractivity contribution in [2.24, 2.45) is 5.92 Å². The smallest absolute Gasteiger partial charge is 0.266 e. The number of nitrogens with one attached hydrogen (secondary N) is 1. The van der Waals surface area contributed by atoms with Crippen LogP contribution in [0.2, 0.25) is 0 Å². The van der Waals surface area contributed by atoms with Crippen LogP contribution in [-0.2, 0) is 11.3 Å². The van der Waals surface area contributed by atoms with Crippen LogP contribution in [0.5, 0.6) is 0 Å². The van der Waals surface area contributed by atoms with Crippen molar-refractivity contribution in [3.05, 3.63) is 26.6 Å². The molecular weight excluding hydrogens is 336 g/mol. The molecule has 0 aromatic carbocycles. The molecule has 6 nitrogen and oxygen atoms in total. The zero-order valence-electron chi connectivity index (χ0n) is 12.0. The number of hydrogen-bond acceptors (Lipinski definition) is 5. The average molecular weight is 353 g/mol. The van der Waals surface area contributed by atoms with Gasteiger partial charge in [0, 0.05) is 31.5 Å². The maximum Gasteiger partial charge on any atom is 0.266 e. The molecule has 0 spiro atoms. The summed E-state index contributed by atoms with van der Waals surface area (Å²) in [7, 11) is 1.77. The first-order chi connectivity index (χ1) is 10.1. The quantitative estimate of drug-likeness (QED) is 0.913. The first kappa shape index (κ1) is 14.5. The predicted octanol–water partition coefficient (Wildman–Crippen LogP) is 1.94. The fourth-order valence-electron chi connectivity index (χ4n) is 2.62. The van der Waals surface area contributed by atoms with Crippen molar-refractivity contribution in [2.45, 2.75) is 19.9 Å². The maximum absolute atomic E-state index is 12.5. The topological polar surface area (TPSA) is 69.0 Å². The van der Waals surface area contributed by atoms with E-state index in [1.165, 1.54) is 0 Å². The summed E-state index contributed by atoms with van der Waals surface area (Å²) in [5, 5.41) is 3.83. The number of rotatable bonds is 3. The Morgan fingerprint density at radius 2 is 2.33 bits per heavy atom. The predicted molar refractivity (Wildman–Crippen MR) is 84.7 cm³/mol. The van der Waals surface area contributed by atoms with Crippen molar-refractivity contribution in [3.63, 3.8) is 0 Å². The van der Waals surface area contributed by atoms with Gasteiger partial charge in [-0.25, -0.2) is 4.98 Å². The molecule has 1 aliphatic rings. The summed E-state index contributed by atoms with van der Waals surface area (Å²) in [6, 6.07) is 1.80. The van der Waals surface area contributed by atoms with Crippen LogP contribution in [0.3, 0.4) is 0 Å². The Labute approximate surface area is 130 Å². The third-order valence-electron chi connectivity index (χ3n) is 3.78. The molecule has 1 saturated heterocycles. The molecule has 0 aliphatic carbocycles. The monoisotopic (exact) mass is 352 g/mol. The molecular formula is C14H17BrN4O2. The summed E-state index contributed by atoms with van der Waals surface area (Å²) in [4.78, 5) is 21.3. The third-order valence-corrected chi connectivity index (χ3v) is 4.35. The molecule has 3 rings (SSSR count). The van der Waals surface area contributed by atoms with E-state index in [9.17, 15) is 4.79 Å². The highest BCUT2D eigenvalue weighted by Gasteiger charge is 2.20. The zero-order valence-corrected chi connectivity index (χ0v) is 13.6. The van der Waals surface area contributed by atoms with E-state index in [1.54, 1.807) is 17.7 Å². The molecule has 1 unspecified atom stereocenters. The summed E-state index contributed by atoms with van der Waals surface area (Å²) in [6.45, 7) is 4.00. The van der Waals surface area contributed by atoms with Crippen molar-refractivity contribution in [1.82, 2.24) is 14.5 Å². The van der Waals surface area contributed by atoms with Crippen LogP contribution in [0.15, 0.2) is 15.3 Å². The molecule has 112 valence electrons. The van der Waals surface area contributed by atoms with Crippen LogP contribution in [0, 0.1) is 12.8 Å². The lowest BCUT2D eigenvalue weighted by molar-refractivity contribution is 0.182. The number of pyridine rings is 1. The summed E-state index contributed by atoms with van der Waals surface area (Å²) >= 11 is 3.35. The fraction of sp³-hybridized carbons (Fsp3) is 0.500. The van der Waals surface area contributed by atoms with Gasteiger partial charge in [0.15, 0.2) is 0 Å². The van der Waals surface area contributed by atoms with E-state index in [0.717, 1.165) is 24.1 Å². The second-order valence-corrected chi connectivity index (χ2v) is 6.11. The Morgan fingerprint density at radius 1 is 1.52 bits per heavy atom. The zero-order chi connectivity index (χ0) is 15.0. The van der Waals surface area contributed by atoms with Gasteiger partial charge in [0.05, 0.1) is 16.8 Å². The fourth-order valence-corrected chi connectivity index (χ4v) is 3.06. The maximum atomic E-state index is 12.5. The van der Waals surface area contributed by atoms with Gasteiger partial charge < -0.3 is 10.1 Å². The summed E-state index contributed by atoms with van der Waals surface area (Å²) in [5.41, 5.74) is 1.46. The first-order valence-corrected chi connectivity index (χ1v) is 7.72. The number of aromatic nitrogens is 3. The number of aryl methyl sites for hydroxylation is 1. The highest BCUT2D eigenvalue weighted by molar-refractivity contribution is 9.10. The molecule has 2 aromatic rings. The lowest BCUT2D eigenvalue weighted by Gasteiger charge is -2.15. The second-order valence-electron chi connectivity index (χ2n) is 5.26. The molecule has 1 N–H and O–H groups in total. The molecule has 3 heterocycles. The highest BCUT2D eigenvalue weighted by Crippen LogP contribution is 2.22. The summed E-state index contributed by atoms with van der Waals surface area (Å²) in [5.74, 6) is 0.881. The van der Waals surface area contributed by atoms with Crippen LogP contribution in [0.4, 0.5) is 5.95 Å². The number of halogens is 1. The minimum Gasteiger partial charge on any atom is -0.381 e. The molecule has 0 bridgehead atoms. The minimum absolute atomic E-state index is 0.0606. The lowest BCUT2D eigenvalue weighted by atomic mass is 10.1. The van der Waals surface area contributed by atoms with Gasteiger partial charge in [0.1, 0.15) is 5.65 Å². The van der Waals surface area contributed by atoms with Gasteiger partial charge in [-0.3, -0.25) is 9.36 Å². The Balaban J connectivity index is 2.21. The first-order valence-electron chi connectivity index (χ1n) is 6.93. The van der Waals surface area contributed by atoms with Gasteiger partial charge in [0.25, 0.3) is 5.56 Å². The van der Waals surface area contributed by atoms with Crippen molar-refractivity contribution in [2.75, 3.05) is 25.6 Å². The number of hydrogen-bond donors (Lipinski definition) is 1. The van der Waals surface area contributed by atoms with Gasteiger partial charge in [-0.05, 0) is 35.3 Å². The van der Waals surface area contributed by atoms with E-state index in [1.807, 2.05) is 6.92 Å². The molecule has 7 heteroatoms. The Bertz CT molecular complexity index is 738.